The van der Waals surface area contributed by atoms with E-state index in [0.29, 0.717) is 12.0 Å². The average Bonchev–Trinajstić information content (AvgIpc) is 2.37. The van der Waals surface area contributed by atoms with Gasteiger partial charge in [-0.25, -0.2) is 0 Å². The van der Waals surface area contributed by atoms with E-state index in [9.17, 15) is 0 Å². The summed E-state index contributed by atoms with van der Waals surface area (Å²) in [7, 11) is 0. The van der Waals surface area contributed by atoms with E-state index in [2.05, 4.69) is 44.2 Å². The van der Waals surface area contributed by atoms with E-state index >= 15 is 0 Å². The normalized spacial score (nSPS) is 34.2. The Bertz CT molecular complexity index is 424. The summed E-state index contributed by atoms with van der Waals surface area (Å²) >= 11 is 0. The number of hydrogen-bond donors (Lipinski definition) is 1. The fourth-order valence-electron chi connectivity index (χ4n) is 4.90. The van der Waals surface area contributed by atoms with Crippen molar-refractivity contribution < 1.29 is 0 Å². The molecule has 0 aromatic heterocycles. The summed E-state index contributed by atoms with van der Waals surface area (Å²) in [5.41, 5.74) is 8.62. The molecule has 2 aliphatic carbocycles. The van der Waals surface area contributed by atoms with Crippen LogP contribution in [0, 0.1) is 17.8 Å². The Hall–Kier alpha value is -0.820. The molecule has 2 aliphatic rings. The Kier molecular flexibility index (Phi) is 3.90. The highest BCUT2D eigenvalue weighted by atomic mass is 14.7. The lowest BCUT2D eigenvalue weighted by Gasteiger charge is -2.51. The standard InChI is InChI=1S/C19H29N/c1-14-11-15(2)13-16(12-14)18(20)19(9-6-10-19)17-7-4-3-5-8-17/h3-5,7-8,14-16,18H,6,9-13,20H2,1-2H3. The summed E-state index contributed by atoms with van der Waals surface area (Å²) in [6.07, 6.45) is 7.98. The highest BCUT2D eigenvalue weighted by Crippen LogP contribution is 2.50. The fourth-order valence-corrected chi connectivity index (χ4v) is 4.90. The summed E-state index contributed by atoms with van der Waals surface area (Å²) in [5.74, 6) is 2.42. The van der Waals surface area contributed by atoms with Gasteiger partial charge in [-0.05, 0) is 55.4 Å². The molecule has 2 fully saturated rings. The van der Waals surface area contributed by atoms with E-state index in [1.807, 2.05) is 0 Å². The molecule has 0 heterocycles. The Morgan fingerprint density at radius 2 is 1.60 bits per heavy atom. The van der Waals surface area contributed by atoms with Crippen LogP contribution in [-0.4, -0.2) is 6.04 Å². The summed E-state index contributed by atoms with van der Waals surface area (Å²) in [5, 5.41) is 0. The van der Waals surface area contributed by atoms with E-state index in [0.717, 1.165) is 11.8 Å². The first-order valence-electron chi connectivity index (χ1n) is 8.43. The van der Waals surface area contributed by atoms with Gasteiger partial charge in [0.15, 0.2) is 0 Å². The largest absolute Gasteiger partial charge is 0.327 e. The fraction of sp³-hybridized carbons (Fsp3) is 0.684. The minimum absolute atomic E-state index is 0.280. The van der Waals surface area contributed by atoms with Gasteiger partial charge in [-0.2, -0.15) is 0 Å². The quantitative estimate of drug-likeness (QED) is 0.860. The molecule has 3 rings (SSSR count). The van der Waals surface area contributed by atoms with Crippen molar-refractivity contribution in [2.24, 2.45) is 23.5 Å². The van der Waals surface area contributed by atoms with Gasteiger partial charge in [0, 0.05) is 11.5 Å². The molecule has 1 aromatic rings. The summed E-state index contributed by atoms with van der Waals surface area (Å²) in [6, 6.07) is 11.4. The number of hydrogen-bond acceptors (Lipinski definition) is 1. The predicted molar refractivity (Wildman–Crippen MR) is 85.6 cm³/mol. The van der Waals surface area contributed by atoms with Crippen molar-refractivity contribution in [3.63, 3.8) is 0 Å². The average molecular weight is 271 g/mol. The van der Waals surface area contributed by atoms with Crippen LogP contribution in [0.25, 0.3) is 0 Å². The van der Waals surface area contributed by atoms with Crippen LogP contribution in [0.1, 0.15) is 57.9 Å². The van der Waals surface area contributed by atoms with Gasteiger partial charge in [0.1, 0.15) is 0 Å². The van der Waals surface area contributed by atoms with E-state index in [1.165, 1.54) is 44.1 Å². The van der Waals surface area contributed by atoms with Gasteiger partial charge in [0.05, 0.1) is 0 Å². The van der Waals surface area contributed by atoms with Gasteiger partial charge < -0.3 is 5.73 Å². The highest BCUT2D eigenvalue weighted by molar-refractivity contribution is 5.31. The van der Waals surface area contributed by atoms with E-state index in [4.69, 9.17) is 5.73 Å². The minimum Gasteiger partial charge on any atom is -0.327 e. The topological polar surface area (TPSA) is 26.0 Å². The Balaban J connectivity index is 1.82. The molecule has 3 unspecified atom stereocenters. The maximum atomic E-state index is 6.85. The molecule has 2 saturated carbocycles. The monoisotopic (exact) mass is 271 g/mol. The van der Waals surface area contributed by atoms with Crippen LogP contribution in [0.15, 0.2) is 30.3 Å². The van der Waals surface area contributed by atoms with Crippen LogP contribution >= 0.6 is 0 Å². The molecule has 20 heavy (non-hydrogen) atoms. The molecular formula is C19H29N. The van der Waals surface area contributed by atoms with Crippen LogP contribution in [0.3, 0.4) is 0 Å². The summed E-state index contributed by atoms with van der Waals surface area (Å²) in [6.45, 7) is 4.82. The number of rotatable bonds is 3. The molecule has 0 aliphatic heterocycles. The van der Waals surface area contributed by atoms with Gasteiger partial charge in [-0.1, -0.05) is 50.6 Å². The van der Waals surface area contributed by atoms with Crippen LogP contribution in [0.5, 0.6) is 0 Å². The van der Waals surface area contributed by atoms with Crippen molar-refractivity contribution in [1.29, 1.82) is 0 Å². The lowest BCUT2D eigenvalue weighted by atomic mass is 9.55. The van der Waals surface area contributed by atoms with Crippen molar-refractivity contribution in [3.05, 3.63) is 35.9 Å². The number of nitrogens with two attached hydrogens (primary N) is 1. The molecule has 2 N–H and O–H groups in total. The zero-order valence-electron chi connectivity index (χ0n) is 13.0. The molecule has 1 nitrogen and oxygen atoms in total. The van der Waals surface area contributed by atoms with E-state index in [-0.39, 0.29) is 5.41 Å². The van der Waals surface area contributed by atoms with Crippen LogP contribution < -0.4 is 5.73 Å². The van der Waals surface area contributed by atoms with Crippen molar-refractivity contribution >= 4 is 0 Å². The smallest absolute Gasteiger partial charge is 0.0165 e. The second-order valence-corrected chi connectivity index (χ2v) is 7.58. The molecule has 0 spiro atoms. The Morgan fingerprint density at radius 3 is 2.10 bits per heavy atom. The molecule has 1 heteroatoms. The minimum atomic E-state index is 0.280. The zero-order valence-corrected chi connectivity index (χ0v) is 13.0. The third kappa shape index (κ3) is 2.41. The van der Waals surface area contributed by atoms with Gasteiger partial charge in [-0.15, -0.1) is 0 Å². The van der Waals surface area contributed by atoms with Crippen molar-refractivity contribution in [1.82, 2.24) is 0 Å². The molecule has 0 radical (unpaired) electrons. The van der Waals surface area contributed by atoms with Gasteiger partial charge in [0.2, 0.25) is 0 Å². The van der Waals surface area contributed by atoms with E-state index in [1.54, 1.807) is 0 Å². The Morgan fingerprint density at radius 1 is 1.00 bits per heavy atom. The Labute approximate surface area is 124 Å². The van der Waals surface area contributed by atoms with Crippen molar-refractivity contribution in [2.45, 2.75) is 63.8 Å². The highest BCUT2D eigenvalue weighted by Gasteiger charge is 2.47. The molecular weight excluding hydrogens is 242 g/mol. The number of benzene rings is 1. The third-order valence-electron chi connectivity index (χ3n) is 5.96. The SMILES string of the molecule is CC1CC(C)CC(C(N)C2(c3ccccc3)CCC2)C1. The molecule has 3 atom stereocenters. The summed E-state index contributed by atoms with van der Waals surface area (Å²) in [4.78, 5) is 0. The molecule has 0 saturated heterocycles. The molecule has 0 amide bonds. The van der Waals surface area contributed by atoms with Gasteiger partial charge >= 0.3 is 0 Å². The lowest BCUT2D eigenvalue weighted by Crippen LogP contribution is -2.55. The first kappa shape index (κ1) is 14.1. The van der Waals surface area contributed by atoms with Gasteiger partial charge in [-0.3, -0.25) is 0 Å². The maximum absolute atomic E-state index is 6.85. The second-order valence-electron chi connectivity index (χ2n) is 7.58. The maximum Gasteiger partial charge on any atom is 0.0165 e. The zero-order chi connectivity index (χ0) is 14.2. The third-order valence-corrected chi connectivity index (χ3v) is 5.96. The summed E-state index contributed by atoms with van der Waals surface area (Å²) < 4.78 is 0. The molecule has 1 aromatic carbocycles. The van der Waals surface area contributed by atoms with Crippen LogP contribution in [0.4, 0.5) is 0 Å². The first-order chi connectivity index (χ1) is 9.62. The molecule has 110 valence electrons. The predicted octanol–water partition coefficient (Wildman–Crippen LogP) is 4.51. The van der Waals surface area contributed by atoms with Gasteiger partial charge in [0.25, 0.3) is 0 Å². The molecule has 0 bridgehead atoms. The van der Waals surface area contributed by atoms with Crippen molar-refractivity contribution in [3.8, 4) is 0 Å². The lowest BCUT2D eigenvalue weighted by molar-refractivity contribution is 0.101. The second kappa shape index (κ2) is 5.52. The first-order valence-corrected chi connectivity index (χ1v) is 8.43. The van der Waals surface area contributed by atoms with Crippen molar-refractivity contribution in [2.75, 3.05) is 0 Å². The van der Waals surface area contributed by atoms with E-state index < -0.39 is 0 Å². The van der Waals surface area contributed by atoms with Crippen LogP contribution in [-0.2, 0) is 5.41 Å². The van der Waals surface area contributed by atoms with Crippen LogP contribution in [0.2, 0.25) is 0 Å².